The molecule has 0 aliphatic carbocycles. The van der Waals surface area contributed by atoms with E-state index in [0.29, 0.717) is 18.3 Å². The van der Waals surface area contributed by atoms with Crippen LogP contribution >= 0.6 is 0 Å². The molecule has 0 atom stereocenters. The smallest absolute Gasteiger partial charge is 0.224 e. The van der Waals surface area contributed by atoms with E-state index in [9.17, 15) is 0 Å². The molecule has 1 aliphatic rings. The lowest BCUT2D eigenvalue weighted by atomic mass is 10.1. The van der Waals surface area contributed by atoms with Crippen molar-refractivity contribution in [2.45, 2.75) is 6.42 Å². The lowest BCUT2D eigenvalue weighted by molar-refractivity contribution is 0.320. The fourth-order valence-electron chi connectivity index (χ4n) is 2.67. The molecule has 4 rings (SSSR count). The molecule has 112 valence electrons. The molecule has 6 heteroatoms. The number of anilines is 2. The van der Waals surface area contributed by atoms with Crippen LogP contribution in [-0.2, 0) is 6.42 Å². The van der Waals surface area contributed by atoms with Crippen molar-refractivity contribution in [1.82, 2.24) is 15.0 Å². The molecule has 1 aliphatic heterocycles. The molecule has 6 nitrogen and oxygen atoms in total. The van der Waals surface area contributed by atoms with E-state index in [1.807, 2.05) is 6.07 Å². The Hall–Kier alpha value is -2.76. The monoisotopic (exact) mass is 295 g/mol. The first-order valence-corrected chi connectivity index (χ1v) is 7.43. The summed E-state index contributed by atoms with van der Waals surface area (Å²) < 4.78 is 5.47. The van der Waals surface area contributed by atoms with Gasteiger partial charge in [0, 0.05) is 23.6 Å². The third-order valence-corrected chi connectivity index (χ3v) is 3.76. The van der Waals surface area contributed by atoms with Gasteiger partial charge in [0.25, 0.3) is 0 Å². The van der Waals surface area contributed by atoms with Crippen LogP contribution in [-0.4, -0.2) is 34.6 Å². The van der Waals surface area contributed by atoms with Crippen LogP contribution in [0.4, 0.5) is 11.8 Å². The van der Waals surface area contributed by atoms with Gasteiger partial charge in [-0.3, -0.25) is 0 Å². The van der Waals surface area contributed by atoms with Crippen molar-refractivity contribution in [2.24, 2.45) is 0 Å². The Labute approximate surface area is 127 Å². The van der Waals surface area contributed by atoms with Crippen LogP contribution in [0, 0.1) is 0 Å². The number of nitrogens with zero attached hydrogens (tertiary/aromatic N) is 2. The number of aromatic nitrogens is 3. The molecule has 0 saturated heterocycles. The number of hydrogen-bond acceptors (Lipinski definition) is 5. The van der Waals surface area contributed by atoms with Crippen molar-refractivity contribution in [3.8, 4) is 5.75 Å². The van der Waals surface area contributed by atoms with E-state index in [2.05, 4.69) is 50.0 Å². The number of aromatic amines is 1. The Kier molecular flexibility index (Phi) is 3.27. The molecular weight excluding hydrogens is 278 g/mol. The summed E-state index contributed by atoms with van der Waals surface area (Å²) >= 11 is 0. The van der Waals surface area contributed by atoms with Gasteiger partial charge in [-0.1, -0.05) is 18.2 Å². The van der Waals surface area contributed by atoms with Gasteiger partial charge < -0.3 is 20.4 Å². The van der Waals surface area contributed by atoms with Crippen molar-refractivity contribution in [3.05, 3.63) is 42.2 Å². The standard InChI is InChI=1S/C16H17N5O/c1-2-4-13-12(3-1)11(9-19-13)5-6-18-16-20-10-14-15(21-16)17-7-8-22-14/h1-4,9-10,19H,5-8H2,(H2,17,18,20,21). The van der Waals surface area contributed by atoms with Gasteiger partial charge in [0.1, 0.15) is 6.61 Å². The number of para-hydroxylation sites is 1. The fourth-order valence-corrected chi connectivity index (χ4v) is 2.67. The molecule has 3 N–H and O–H groups in total. The van der Waals surface area contributed by atoms with Crippen molar-refractivity contribution >= 4 is 22.7 Å². The number of H-pyrrole nitrogens is 1. The third-order valence-electron chi connectivity index (χ3n) is 3.76. The first-order valence-electron chi connectivity index (χ1n) is 7.43. The number of hydrogen-bond donors (Lipinski definition) is 3. The molecule has 0 radical (unpaired) electrons. The number of ether oxygens (including phenoxy) is 1. The molecule has 0 unspecified atom stereocenters. The maximum absolute atomic E-state index is 5.47. The zero-order valence-electron chi connectivity index (χ0n) is 12.1. The largest absolute Gasteiger partial charge is 0.486 e. The lowest BCUT2D eigenvalue weighted by Gasteiger charge is -2.18. The first kappa shape index (κ1) is 12.9. The minimum absolute atomic E-state index is 0.622. The SMILES string of the molecule is c1ccc2c(CCNc3ncc4c(n3)NCCO4)c[nH]c2c1. The van der Waals surface area contributed by atoms with E-state index in [1.54, 1.807) is 6.20 Å². The Balaban J connectivity index is 1.42. The van der Waals surface area contributed by atoms with Gasteiger partial charge in [0.2, 0.25) is 5.95 Å². The zero-order chi connectivity index (χ0) is 14.8. The highest BCUT2D eigenvalue weighted by Crippen LogP contribution is 2.24. The number of nitrogens with one attached hydrogen (secondary N) is 3. The summed E-state index contributed by atoms with van der Waals surface area (Å²) in [4.78, 5) is 12.0. The molecule has 3 heterocycles. The molecule has 0 fully saturated rings. The predicted molar refractivity (Wildman–Crippen MR) is 86.5 cm³/mol. The number of fused-ring (bicyclic) bond motifs is 2. The maximum atomic E-state index is 5.47. The topological polar surface area (TPSA) is 74.9 Å². The second-order valence-electron chi connectivity index (χ2n) is 5.22. The summed E-state index contributed by atoms with van der Waals surface area (Å²) in [5, 5.41) is 7.75. The van der Waals surface area contributed by atoms with Gasteiger partial charge in [-0.25, -0.2) is 4.98 Å². The van der Waals surface area contributed by atoms with Crippen LogP contribution in [0.1, 0.15) is 5.56 Å². The minimum Gasteiger partial charge on any atom is -0.486 e. The minimum atomic E-state index is 0.622. The lowest BCUT2D eigenvalue weighted by Crippen LogP contribution is -2.20. The number of rotatable bonds is 4. The predicted octanol–water partition coefficient (Wildman–Crippen LogP) is 2.42. The summed E-state index contributed by atoms with van der Waals surface area (Å²) in [7, 11) is 0. The highest BCUT2D eigenvalue weighted by Gasteiger charge is 2.12. The number of benzene rings is 1. The summed E-state index contributed by atoms with van der Waals surface area (Å²) in [6.07, 6.45) is 4.69. The second-order valence-corrected chi connectivity index (χ2v) is 5.22. The van der Waals surface area contributed by atoms with Crippen LogP contribution in [0.5, 0.6) is 5.75 Å². The molecule has 22 heavy (non-hydrogen) atoms. The average molecular weight is 295 g/mol. The molecule has 1 aromatic carbocycles. The molecule has 0 amide bonds. The Morgan fingerprint density at radius 3 is 3.23 bits per heavy atom. The molecule has 3 aromatic rings. The van der Waals surface area contributed by atoms with E-state index >= 15 is 0 Å². The van der Waals surface area contributed by atoms with Gasteiger partial charge in [-0.15, -0.1) is 0 Å². The van der Waals surface area contributed by atoms with E-state index < -0.39 is 0 Å². The van der Waals surface area contributed by atoms with Crippen LogP contribution in [0.3, 0.4) is 0 Å². The Morgan fingerprint density at radius 2 is 2.23 bits per heavy atom. The maximum Gasteiger partial charge on any atom is 0.224 e. The molecule has 0 saturated carbocycles. The molecular formula is C16H17N5O. The van der Waals surface area contributed by atoms with Crippen molar-refractivity contribution in [1.29, 1.82) is 0 Å². The summed E-state index contributed by atoms with van der Waals surface area (Å²) in [5.74, 6) is 2.10. The van der Waals surface area contributed by atoms with Crippen molar-refractivity contribution in [3.63, 3.8) is 0 Å². The highest BCUT2D eigenvalue weighted by molar-refractivity contribution is 5.83. The van der Waals surface area contributed by atoms with Crippen LogP contribution in [0.2, 0.25) is 0 Å². The summed E-state index contributed by atoms with van der Waals surface area (Å²) in [5.41, 5.74) is 2.46. The first-order chi connectivity index (χ1) is 10.9. The van der Waals surface area contributed by atoms with Crippen molar-refractivity contribution in [2.75, 3.05) is 30.3 Å². The summed E-state index contributed by atoms with van der Waals surface area (Å²) in [6.45, 7) is 2.21. The van der Waals surface area contributed by atoms with Crippen LogP contribution in [0.25, 0.3) is 10.9 Å². The normalized spacial score (nSPS) is 13.3. The molecule has 0 spiro atoms. The quantitative estimate of drug-likeness (QED) is 0.689. The van der Waals surface area contributed by atoms with E-state index in [1.165, 1.54) is 16.5 Å². The fraction of sp³-hybridized carbons (Fsp3) is 0.250. The summed E-state index contributed by atoms with van der Waals surface area (Å²) in [6, 6.07) is 8.32. The van der Waals surface area contributed by atoms with Crippen molar-refractivity contribution < 1.29 is 4.74 Å². The average Bonchev–Trinajstić information content (AvgIpc) is 2.98. The third kappa shape index (κ3) is 2.43. The highest BCUT2D eigenvalue weighted by atomic mass is 16.5. The van der Waals surface area contributed by atoms with Gasteiger partial charge >= 0.3 is 0 Å². The van der Waals surface area contributed by atoms with Gasteiger partial charge in [0.05, 0.1) is 12.7 Å². The Morgan fingerprint density at radius 1 is 1.27 bits per heavy atom. The molecule has 2 aromatic heterocycles. The van der Waals surface area contributed by atoms with Crippen LogP contribution in [0.15, 0.2) is 36.7 Å². The van der Waals surface area contributed by atoms with Gasteiger partial charge in [-0.2, -0.15) is 4.98 Å². The van der Waals surface area contributed by atoms with Crippen LogP contribution < -0.4 is 15.4 Å². The Bertz CT molecular complexity index is 798. The van der Waals surface area contributed by atoms with Gasteiger partial charge in [0.15, 0.2) is 11.6 Å². The zero-order valence-corrected chi connectivity index (χ0v) is 12.1. The van der Waals surface area contributed by atoms with E-state index in [4.69, 9.17) is 4.74 Å². The van der Waals surface area contributed by atoms with E-state index in [0.717, 1.165) is 25.3 Å². The van der Waals surface area contributed by atoms with Gasteiger partial charge in [-0.05, 0) is 18.1 Å². The van der Waals surface area contributed by atoms with E-state index in [-0.39, 0.29) is 0 Å². The molecule has 0 bridgehead atoms. The second kappa shape index (κ2) is 5.55.